The molecule has 1 aliphatic rings. The molecule has 0 aromatic rings. The van der Waals surface area contributed by atoms with Gasteiger partial charge in [-0.2, -0.15) is 0 Å². The fourth-order valence-electron chi connectivity index (χ4n) is 1.22. The van der Waals surface area contributed by atoms with Gasteiger partial charge in [0.25, 0.3) is 0 Å². The van der Waals surface area contributed by atoms with Gasteiger partial charge in [-0.1, -0.05) is 6.92 Å². The van der Waals surface area contributed by atoms with E-state index in [1.54, 1.807) is 0 Å². The van der Waals surface area contributed by atoms with Crippen molar-refractivity contribution in [2.24, 2.45) is 0 Å². The smallest absolute Gasteiger partial charge is 0.00283 e. The molecule has 2 nitrogen and oxygen atoms in total. The molecule has 0 aromatic heterocycles. The first kappa shape index (κ1) is 6.05. The molecular weight excluding hydrogens is 102 g/mol. The zero-order valence-electron chi connectivity index (χ0n) is 5.26. The Balaban J connectivity index is 2.30. The lowest BCUT2D eigenvalue weighted by Gasteiger charge is -2.28. The number of nitrogens with zero attached hydrogens (tertiary/aromatic N) is 1. The maximum atomic E-state index is 10.7. The van der Waals surface area contributed by atoms with Crippen LogP contribution in [0.25, 0.3) is 0 Å². The monoisotopic (exact) mass is 114 g/mol. The van der Waals surface area contributed by atoms with E-state index in [2.05, 4.69) is 6.92 Å². The van der Waals surface area contributed by atoms with Gasteiger partial charge in [0, 0.05) is 0 Å². The van der Waals surface area contributed by atoms with E-state index in [-0.39, 0.29) is 0 Å². The van der Waals surface area contributed by atoms with Gasteiger partial charge in [0.1, 0.15) is 0 Å². The van der Waals surface area contributed by atoms with Gasteiger partial charge in [-0.3, -0.25) is 0 Å². The summed E-state index contributed by atoms with van der Waals surface area (Å²) in [6.45, 7) is 2.83. The van der Waals surface area contributed by atoms with E-state index >= 15 is 0 Å². The number of hydroxylamine groups is 2. The first-order valence-electron chi connectivity index (χ1n) is 3.28. The Labute approximate surface area is 50.1 Å². The van der Waals surface area contributed by atoms with Crippen molar-refractivity contribution in [2.45, 2.75) is 32.2 Å². The van der Waals surface area contributed by atoms with Gasteiger partial charge >= 0.3 is 0 Å². The summed E-state index contributed by atoms with van der Waals surface area (Å²) in [5.74, 6) is 0. The molecule has 0 radical (unpaired) electrons. The van der Waals surface area contributed by atoms with Crippen LogP contribution in [0.2, 0.25) is 0 Å². The lowest BCUT2D eigenvalue weighted by Crippen LogP contribution is -2.21. The summed E-state index contributed by atoms with van der Waals surface area (Å²) >= 11 is 0. The Morgan fingerprint density at radius 2 is 2.50 bits per heavy atom. The molecule has 0 N–H and O–H groups in total. The Kier molecular flexibility index (Phi) is 1.86. The van der Waals surface area contributed by atoms with Gasteiger partial charge in [-0.25, -0.2) is 0 Å². The lowest BCUT2D eigenvalue weighted by molar-refractivity contribution is 0.343. The van der Waals surface area contributed by atoms with Crippen LogP contribution in [0.15, 0.2) is 0 Å². The first-order valence-corrected chi connectivity index (χ1v) is 3.28. The Morgan fingerprint density at radius 1 is 1.75 bits per heavy atom. The molecule has 0 amide bonds. The molecule has 8 heavy (non-hydrogen) atoms. The van der Waals surface area contributed by atoms with Gasteiger partial charge in [0.2, 0.25) is 0 Å². The summed E-state index contributed by atoms with van der Waals surface area (Å²) in [6, 6.07) is 0.343. The highest BCUT2D eigenvalue weighted by atomic mass is 16.5. The van der Waals surface area contributed by atoms with E-state index in [9.17, 15) is 5.21 Å². The average Bonchev–Trinajstić information content (AvgIpc) is 2.14. The van der Waals surface area contributed by atoms with Gasteiger partial charge in [0.15, 0.2) is 0 Å². The van der Waals surface area contributed by atoms with Crippen LogP contribution in [-0.4, -0.2) is 17.6 Å². The zero-order chi connectivity index (χ0) is 5.98. The fraction of sp³-hybridized carbons (Fsp3) is 1.00. The van der Waals surface area contributed by atoms with E-state index in [1.165, 1.54) is 5.06 Å². The first-order chi connectivity index (χ1) is 3.84. The van der Waals surface area contributed by atoms with E-state index in [0.29, 0.717) is 6.04 Å². The molecule has 1 rings (SSSR count). The molecule has 0 aliphatic carbocycles. The number of hydrogen-bond acceptors (Lipinski definition) is 2. The summed E-state index contributed by atoms with van der Waals surface area (Å²) < 4.78 is 0. The topological polar surface area (TPSA) is 26.3 Å². The summed E-state index contributed by atoms with van der Waals surface area (Å²) in [6.07, 6.45) is 3.23. The molecule has 1 heterocycles. The standard InChI is InChI=1S/C6H12NO/c1-2-6-4-3-5-7(6)8/h6H,2-5H2,1H3/q-1. The molecule has 0 saturated carbocycles. The highest BCUT2D eigenvalue weighted by Gasteiger charge is 2.13. The van der Waals surface area contributed by atoms with Crippen LogP contribution in [0.5, 0.6) is 0 Å². The van der Waals surface area contributed by atoms with Crippen molar-refractivity contribution in [3.8, 4) is 0 Å². The zero-order valence-corrected chi connectivity index (χ0v) is 5.26. The van der Waals surface area contributed by atoms with Crippen LogP contribution in [0.4, 0.5) is 0 Å². The van der Waals surface area contributed by atoms with Crippen molar-refractivity contribution in [1.82, 2.24) is 5.06 Å². The second-order valence-electron chi connectivity index (χ2n) is 2.34. The summed E-state index contributed by atoms with van der Waals surface area (Å²) in [7, 11) is 0. The van der Waals surface area contributed by atoms with Crippen molar-refractivity contribution in [2.75, 3.05) is 6.54 Å². The fourth-order valence-corrected chi connectivity index (χ4v) is 1.22. The van der Waals surface area contributed by atoms with Gasteiger partial charge in [-0.15, -0.1) is 0 Å². The summed E-state index contributed by atoms with van der Waals surface area (Å²) in [4.78, 5) is 0. The van der Waals surface area contributed by atoms with Crippen molar-refractivity contribution < 1.29 is 0 Å². The van der Waals surface area contributed by atoms with Crippen LogP contribution < -0.4 is 0 Å². The van der Waals surface area contributed by atoms with E-state index in [4.69, 9.17) is 0 Å². The third-order valence-electron chi connectivity index (χ3n) is 1.79. The third-order valence-corrected chi connectivity index (χ3v) is 1.79. The predicted molar refractivity (Wildman–Crippen MR) is 33.4 cm³/mol. The molecular formula is C6H12NO-. The second-order valence-corrected chi connectivity index (χ2v) is 2.34. The van der Waals surface area contributed by atoms with Crippen molar-refractivity contribution >= 4 is 0 Å². The van der Waals surface area contributed by atoms with Crippen molar-refractivity contribution in [3.63, 3.8) is 0 Å². The Bertz CT molecular complexity index is 74.9. The minimum atomic E-state index is 0.343. The van der Waals surface area contributed by atoms with Crippen molar-refractivity contribution in [1.29, 1.82) is 0 Å². The van der Waals surface area contributed by atoms with Crippen molar-refractivity contribution in [3.05, 3.63) is 5.21 Å². The van der Waals surface area contributed by atoms with Gasteiger partial charge in [0.05, 0.1) is 0 Å². The molecule has 1 unspecified atom stereocenters. The van der Waals surface area contributed by atoms with Crippen LogP contribution in [0.3, 0.4) is 0 Å². The van der Waals surface area contributed by atoms with Crippen LogP contribution in [0, 0.1) is 5.21 Å². The highest BCUT2D eigenvalue weighted by molar-refractivity contribution is 4.77. The maximum absolute atomic E-state index is 10.7. The molecule has 1 fully saturated rings. The third kappa shape index (κ3) is 1.01. The number of hydrogen-bond donors (Lipinski definition) is 0. The number of rotatable bonds is 1. The Morgan fingerprint density at radius 3 is 2.75 bits per heavy atom. The maximum Gasteiger partial charge on any atom is -0.00283 e. The normalized spacial score (nSPS) is 31.5. The van der Waals surface area contributed by atoms with Gasteiger partial charge < -0.3 is 10.3 Å². The molecule has 1 saturated heterocycles. The van der Waals surface area contributed by atoms with E-state index in [0.717, 1.165) is 25.8 Å². The SMILES string of the molecule is CCC1CCCN1[O-]. The molecule has 1 aliphatic heterocycles. The second kappa shape index (κ2) is 2.46. The molecule has 1 atom stereocenters. The van der Waals surface area contributed by atoms with Crippen LogP contribution in [0.1, 0.15) is 26.2 Å². The van der Waals surface area contributed by atoms with E-state index in [1.807, 2.05) is 0 Å². The van der Waals surface area contributed by atoms with Gasteiger partial charge in [-0.05, 0) is 31.8 Å². The summed E-state index contributed by atoms with van der Waals surface area (Å²) in [5.41, 5.74) is 0. The minimum absolute atomic E-state index is 0.343. The van der Waals surface area contributed by atoms with Crippen LogP contribution >= 0.6 is 0 Å². The lowest BCUT2D eigenvalue weighted by atomic mass is 10.2. The largest absolute Gasteiger partial charge is 0.785 e. The highest BCUT2D eigenvalue weighted by Crippen LogP contribution is 2.17. The summed E-state index contributed by atoms with van der Waals surface area (Å²) in [5, 5.41) is 11.9. The molecule has 48 valence electrons. The van der Waals surface area contributed by atoms with Crippen LogP contribution in [-0.2, 0) is 0 Å². The molecule has 0 aromatic carbocycles. The average molecular weight is 114 g/mol. The quantitative estimate of drug-likeness (QED) is 0.514. The molecule has 2 heteroatoms. The Hall–Kier alpha value is -0.0800. The predicted octanol–water partition coefficient (Wildman–Crippen LogP) is 1.36. The molecule has 0 spiro atoms. The molecule has 0 bridgehead atoms. The van der Waals surface area contributed by atoms with E-state index < -0.39 is 0 Å². The minimum Gasteiger partial charge on any atom is -0.785 e.